The molecule has 2 N–H and O–H groups in total. The third kappa shape index (κ3) is 3.54. The van der Waals surface area contributed by atoms with Crippen LogP contribution in [-0.2, 0) is 6.54 Å². The Morgan fingerprint density at radius 1 is 1.37 bits per heavy atom. The van der Waals surface area contributed by atoms with Gasteiger partial charge in [-0.15, -0.1) is 0 Å². The number of rotatable bonds is 6. The lowest BCUT2D eigenvalue weighted by atomic mass is 9.74. The van der Waals surface area contributed by atoms with Gasteiger partial charge in [0.05, 0.1) is 12.6 Å². The van der Waals surface area contributed by atoms with Gasteiger partial charge in [0.2, 0.25) is 0 Å². The monoisotopic (exact) mass is 268 g/mol. The van der Waals surface area contributed by atoms with E-state index in [2.05, 4.69) is 5.32 Å². The molecule has 1 aliphatic rings. The summed E-state index contributed by atoms with van der Waals surface area (Å²) in [5.41, 5.74) is -0.0310. The summed E-state index contributed by atoms with van der Waals surface area (Å²) in [6.45, 7) is 1.37. The fourth-order valence-corrected chi connectivity index (χ4v) is 2.70. The second kappa shape index (κ2) is 6.16. The average molecular weight is 268 g/mol. The summed E-state index contributed by atoms with van der Waals surface area (Å²) < 4.78 is 5.08. The van der Waals surface area contributed by atoms with Gasteiger partial charge in [0.25, 0.3) is 0 Å². The zero-order valence-electron chi connectivity index (χ0n) is 10.9. The van der Waals surface area contributed by atoms with E-state index in [1.54, 1.807) is 6.07 Å². The first-order valence-electron chi connectivity index (χ1n) is 6.70. The Bertz CT molecular complexity index is 424. The number of aliphatic hydroxyl groups is 1. The maximum Gasteiger partial charge on any atom is 0.433 e. The first-order valence-corrected chi connectivity index (χ1v) is 6.70. The van der Waals surface area contributed by atoms with Crippen molar-refractivity contribution in [2.45, 2.75) is 38.6 Å². The number of hydrogen-bond acceptors (Lipinski definition) is 5. The van der Waals surface area contributed by atoms with Crippen LogP contribution in [0.1, 0.15) is 37.9 Å². The Hall–Kier alpha value is -1.40. The van der Waals surface area contributed by atoms with E-state index in [-0.39, 0.29) is 17.9 Å². The van der Waals surface area contributed by atoms with Crippen LogP contribution >= 0.6 is 0 Å². The first kappa shape index (κ1) is 14.0. The van der Waals surface area contributed by atoms with Gasteiger partial charge in [0.15, 0.2) is 0 Å². The van der Waals surface area contributed by atoms with E-state index in [1.165, 1.54) is 12.5 Å². The summed E-state index contributed by atoms with van der Waals surface area (Å²) in [5.74, 6) is 0.321. The molecule has 0 unspecified atom stereocenters. The number of nitrogens with one attached hydrogen (secondary N) is 1. The third-order valence-electron chi connectivity index (χ3n) is 3.88. The van der Waals surface area contributed by atoms with Gasteiger partial charge < -0.3 is 14.8 Å². The van der Waals surface area contributed by atoms with E-state index in [1.807, 2.05) is 0 Å². The second-order valence-electron chi connectivity index (χ2n) is 5.32. The second-order valence-corrected chi connectivity index (χ2v) is 5.32. The SMILES string of the molecule is O=[N+]([O-])c1ccc(CNCC2(CO)CCCCC2)o1. The summed E-state index contributed by atoms with van der Waals surface area (Å²) in [6.07, 6.45) is 5.64. The predicted octanol–water partition coefficient (Wildman–Crippen LogP) is 2.22. The van der Waals surface area contributed by atoms with Crippen molar-refractivity contribution in [1.82, 2.24) is 5.32 Å². The van der Waals surface area contributed by atoms with Gasteiger partial charge in [-0.05, 0) is 18.9 Å². The molecule has 1 aliphatic carbocycles. The Kier molecular flexibility index (Phi) is 4.55. The lowest BCUT2D eigenvalue weighted by Crippen LogP contribution is -2.38. The van der Waals surface area contributed by atoms with Crippen LogP contribution in [0.15, 0.2) is 16.5 Å². The molecule has 0 aromatic carbocycles. The minimum absolute atomic E-state index is 0.0310. The van der Waals surface area contributed by atoms with Crippen molar-refractivity contribution in [1.29, 1.82) is 0 Å². The molecular formula is C13H20N2O4. The maximum atomic E-state index is 10.5. The molecule has 2 rings (SSSR count). The van der Waals surface area contributed by atoms with Crippen molar-refractivity contribution in [3.05, 3.63) is 28.0 Å². The van der Waals surface area contributed by atoms with Gasteiger partial charge in [0, 0.05) is 18.6 Å². The minimum Gasteiger partial charge on any atom is -0.404 e. The molecule has 1 fully saturated rings. The van der Waals surface area contributed by atoms with Crippen LogP contribution < -0.4 is 5.32 Å². The molecule has 6 nitrogen and oxygen atoms in total. The quantitative estimate of drug-likeness (QED) is 0.610. The summed E-state index contributed by atoms with van der Waals surface area (Å²) in [6, 6.07) is 2.97. The van der Waals surface area contributed by atoms with Crippen LogP contribution in [-0.4, -0.2) is 23.2 Å². The van der Waals surface area contributed by atoms with E-state index >= 15 is 0 Å². The van der Waals surface area contributed by atoms with Crippen molar-refractivity contribution in [3.8, 4) is 0 Å². The highest BCUT2D eigenvalue weighted by atomic mass is 16.6. The van der Waals surface area contributed by atoms with E-state index in [4.69, 9.17) is 4.42 Å². The van der Waals surface area contributed by atoms with E-state index in [0.29, 0.717) is 12.3 Å². The van der Waals surface area contributed by atoms with Crippen molar-refractivity contribution in [2.24, 2.45) is 5.41 Å². The fourth-order valence-electron chi connectivity index (χ4n) is 2.70. The molecule has 0 atom stereocenters. The van der Waals surface area contributed by atoms with Gasteiger partial charge in [-0.25, -0.2) is 0 Å². The molecule has 0 bridgehead atoms. The van der Waals surface area contributed by atoms with Crippen molar-refractivity contribution >= 4 is 5.88 Å². The van der Waals surface area contributed by atoms with Crippen LogP contribution in [0, 0.1) is 15.5 Å². The standard InChI is InChI=1S/C13H20N2O4/c16-10-13(6-2-1-3-7-13)9-14-8-11-4-5-12(19-11)15(17)18/h4-5,14,16H,1-3,6-10H2. The van der Waals surface area contributed by atoms with Crippen molar-refractivity contribution < 1.29 is 14.4 Å². The Morgan fingerprint density at radius 2 is 2.11 bits per heavy atom. The summed E-state index contributed by atoms with van der Waals surface area (Å²) in [7, 11) is 0. The molecule has 1 heterocycles. The van der Waals surface area contributed by atoms with Crippen LogP contribution in [0.4, 0.5) is 5.88 Å². The van der Waals surface area contributed by atoms with Gasteiger partial charge in [-0.1, -0.05) is 19.3 Å². The van der Waals surface area contributed by atoms with Gasteiger partial charge in [-0.3, -0.25) is 10.1 Å². The normalized spacial score (nSPS) is 18.4. The highest BCUT2D eigenvalue weighted by molar-refractivity contribution is 5.17. The fraction of sp³-hybridized carbons (Fsp3) is 0.692. The predicted molar refractivity (Wildman–Crippen MR) is 69.7 cm³/mol. The van der Waals surface area contributed by atoms with Gasteiger partial charge in [-0.2, -0.15) is 0 Å². The molecule has 0 saturated heterocycles. The minimum atomic E-state index is -0.542. The number of aliphatic hydroxyl groups excluding tert-OH is 1. The van der Waals surface area contributed by atoms with Crippen molar-refractivity contribution in [2.75, 3.05) is 13.2 Å². The Labute approximate surface area is 112 Å². The number of nitrogens with zero attached hydrogens (tertiary/aromatic N) is 1. The molecule has 1 aromatic rings. The molecular weight excluding hydrogens is 248 g/mol. The van der Waals surface area contributed by atoms with Crippen LogP contribution in [0.5, 0.6) is 0 Å². The highest BCUT2D eigenvalue weighted by Crippen LogP contribution is 2.35. The van der Waals surface area contributed by atoms with Crippen LogP contribution in [0.3, 0.4) is 0 Å². The highest BCUT2D eigenvalue weighted by Gasteiger charge is 2.30. The number of nitro groups is 1. The molecule has 106 valence electrons. The topological polar surface area (TPSA) is 88.5 Å². The zero-order chi connectivity index (χ0) is 13.7. The molecule has 0 spiro atoms. The summed E-state index contributed by atoms with van der Waals surface area (Å²) in [5, 5.41) is 23.3. The number of furan rings is 1. The average Bonchev–Trinajstić information content (AvgIpc) is 2.89. The lowest BCUT2D eigenvalue weighted by molar-refractivity contribution is -0.402. The number of hydrogen-bond donors (Lipinski definition) is 2. The zero-order valence-corrected chi connectivity index (χ0v) is 10.9. The van der Waals surface area contributed by atoms with Gasteiger partial charge >= 0.3 is 5.88 Å². The Morgan fingerprint density at radius 3 is 2.68 bits per heavy atom. The molecule has 0 radical (unpaired) electrons. The van der Waals surface area contributed by atoms with Crippen LogP contribution in [0.2, 0.25) is 0 Å². The molecule has 0 aliphatic heterocycles. The molecule has 1 saturated carbocycles. The van der Waals surface area contributed by atoms with Gasteiger partial charge in [0.1, 0.15) is 10.7 Å². The van der Waals surface area contributed by atoms with E-state index in [9.17, 15) is 15.2 Å². The van der Waals surface area contributed by atoms with Crippen LogP contribution in [0.25, 0.3) is 0 Å². The Balaban J connectivity index is 1.82. The van der Waals surface area contributed by atoms with E-state index in [0.717, 1.165) is 32.2 Å². The van der Waals surface area contributed by atoms with Crippen molar-refractivity contribution in [3.63, 3.8) is 0 Å². The first-order chi connectivity index (χ1) is 9.15. The molecule has 0 amide bonds. The summed E-state index contributed by atoms with van der Waals surface area (Å²) >= 11 is 0. The van der Waals surface area contributed by atoms with E-state index < -0.39 is 4.92 Å². The largest absolute Gasteiger partial charge is 0.433 e. The smallest absolute Gasteiger partial charge is 0.404 e. The lowest BCUT2D eigenvalue weighted by Gasteiger charge is -2.35. The maximum absolute atomic E-state index is 10.5. The summed E-state index contributed by atoms with van der Waals surface area (Å²) in [4.78, 5) is 9.95. The molecule has 19 heavy (non-hydrogen) atoms. The third-order valence-corrected chi connectivity index (χ3v) is 3.88. The molecule has 6 heteroatoms. The molecule has 1 aromatic heterocycles.